The highest BCUT2D eigenvalue weighted by Crippen LogP contribution is 2.17. The van der Waals surface area contributed by atoms with Crippen molar-refractivity contribution in [3.8, 4) is 0 Å². The monoisotopic (exact) mass is 318 g/mol. The number of benzene rings is 2. The molecule has 0 saturated heterocycles. The first kappa shape index (κ1) is 16.0. The minimum absolute atomic E-state index is 0.00450. The SMILES string of the molecule is CCCc1ccc(NS(=O)(=O)c2ccc(C(=O)[O-])cc2)cc1. The van der Waals surface area contributed by atoms with Crippen molar-refractivity contribution in [3.63, 3.8) is 0 Å². The van der Waals surface area contributed by atoms with Gasteiger partial charge in [0.05, 0.1) is 10.9 Å². The summed E-state index contributed by atoms with van der Waals surface area (Å²) >= 11 is 0. The fourth-order valence-corrected chi connectivity index (χ4v) is 3.07. The highest BCUT2D eigenvalue weighted by atomic mass is 32.2. The number of rotatable bonds is 6. The van der Waals surface area contributed by atoms with Gasteiger partial charge in [0.2, 0.25) is 0 Å². The Morgan fingerprint density at radius 2 is 1.64 bits per heavy atom. The van der Waals surface area contributed by atoms with E-state index in [9.17, 15) is 18.3 Å². The second-order valence-corrected chi connectivity index (χ2v) is 6.55. The van der Waals surface area contributed by atoms with Crippen LogP contribution in [0.5, 0.6) is 0 Å². The fraction of sp³-hybridized carbons (Fsp3) is 0.188. The van der Waals surface area contributed by atoms with Gasteiger partial charge in [0, 0.05) is 5.69 Å². The van der Waals surface area contributed by atoms with Gasteiger partial charge in [-0.25, -0.2) is 8.42 Å². The number of nitrogens with one attached hydrogen (secondary N) is 1. The maximum atomic E-state index is 12.2. The molecule has 0 saturated carbocycles. The van der Waals surface area contributed by atoms with Crippen LogP contribution in [0.15, 0.2) is 53.4 Å². The molecule has 5 nitrogen and oxygen atoms in total. The lowest BCUT2D eigenvalue weighted by molar-refractivity contribution is -0.255. The zero-order chi connectivity index (χ0) is 16.2. The van der Waals surface area contributed by atoms with E-state index >= 15 is 0 Å². The highest BCUT2D eigenvalue weighted by molar-refractivity contribution is 7.92. The van der Waals surface area contributed by atoms with Gasteiger partial charge in [0.15, 0.2) is 0 Å². The topological polar surface area (TPSA) is 86.3 Å². The Bertz CT molecular complexity index is 750. The molecule has 0 unspecified atom stereocenters. The van der Waals surface area contributed by atoms with Crippen LogP contribution in [-0.2, 0) is 16.4 Å². The van der Waals surface area contributed by atoms with E-state index in [2.05, 4.69) is 11.6 Å². The van der Waals surface area contributed by atoms with Crippen molar-refractivity contribution in [2.24, 2.45) is 0 Å². The molecular weight excluding hydrogens is 302 g/mol. The predicted octanol–water partition coefficient (Wildman–Crippen LogP) is 1.80. The second-order valence-electron chi connectivity index (χ2n) is 4.86. The van der Waals surface area contributed by atoms with Gasteiger partial charge in [0.1, 0.15) is 0 Å². The van der Waals surface area contributed by atoms with Crippen molar-refractivity contribution >= 4 is 21.7 Å². The molecule has 0 bridgehead atoms. The van der Waals surface area contributed by atoms with Crippen LogP contribution in [0.2, 0.25) is 0 Å². The number of hydrogen-bond donors (Lipinski definition) is 1. The standard InChI is InChI=1S/C16H17NO4S/c1-2-3-12-4-8-14(9-5-12)17-22(20,21)15-10-6-13(7-11-15)16(18)19/h4-11,17H,2-3H2,1H3,(H,18,19)/p-1. The van der Waals surface area contributed by atoms with E-state index in [1.54, 1.807) is 12.1 Å². The van der Waals surface area contributed by atoms with Crippen molar-refractivity contribution in [3.05, 3.63) is 59.7 Å². The van der Waals surface area contributed by atoms with E-state index in [0.29, 0.717) is 5.69 Å². The Morgan fingerprint density at radius 1 is 1.05 bits per heavy atom. The summed E-state index contributed by atoms with van der Waals surface area (Å²) in [5.41, 5.74) is 1.54. The number of carboxylic acids is 1. The third-order valence-corrected chi connectivity index (χ3v) is 4.54. The van der Waals surface area contributed by atoms with Crippen LogP contribution in [-0.4, -0.2) is 14.4 Å². The number of carboxylic acid groups (broad SMARTS) is 1. The average molecular weight is 318 g/mol. The van der Waals surface area contributed by atoms with E-state index in [1.165, 1.54) is 24.3 Å². The third kappa shape index (κ3) is 3.85. The van der Waals surface area contributed by atoms with Crippen molar-refractivity contribution in [2.45, 2.75) is 24.7 Å². The lowest BCUT2D eigenvalue weighted by Gasteiger charge is -2.10. The zero-order valence-electron chi connectivity index (χ0n) is 12.1. The smallest absolute Gasteiger partial charge is 0.261 e. The normalized spacial score (nSPS) is 11.1. The molecule has 0 aliphatic heterocycles. The van der Waals surface area contributed by atoms with E-state index < -0.39 is 16.0 Å². The molecule has 22 heavy (non-hydrogen) atoms. The molecule has 0 aliphatic rings. The van der Waals surface area contributed by atoms with Gasteiger partial charge in [-0.15, -0.1) is 0 Å². The quantitative estimate of drug-likeness (QED) is 0.880. The molecule has 0 aromatic heterocycles. The molecule has 0 spiro atoms. The van der Waals surface area contributed by atoms with Crippen LogP contribution >= 0.6 is 0 Å². The molecule has 0 fully saturated rings. The summed E-state index contributed by atoms with van der Waals surface area (Å²) in [5, 5.41) is 10.7. The number of aryl methyl sites for hydroxylation is 1. The fourth-order valence-electron chi connectivity index (χ4n) is 2.01. The van der Waals surface area contributed by atoms with Gasteiger partial charge in [-0.2, -0.15) is 0 Å². The predicted molar refractivity (Wildman–Crippen MR) is 82.0 cm³/mol. The summed E-state index contributed by atoms with van der Waals surface area (Å²) in [6.07, 6.45) is 1.97. The van der Waals surface area contributed by atoms with Gasteiger partial charge in [-0.1, -0.05) is 37.6 Å². The van der Waals surface area contributed by atoms with Gasteiger partial charge < -0.3 is 9.90 Å². The van der Waals surface area contributed by atoms with Crippen LogP contribution in [0.4, 0.5) is 5.69 Å². The average Bonchev–Trinajstić information content (AvgIpc) is 2.49. The molecule has 0 heterocycles. The first-order valence-electron chi connectivity index (χ1n) is 6.85. The van der Waals surface area contributed by atoms with E-state index in [4.69, 9.17) is 0 Å². The number of carbonyl (C=O) groups excluding carboxylic acids is 1. The van der Waals surface area contributed by atoms with E-state index in [-0.39, 0.29) is 10.5 Å². The summed E-state index contributed by atoms with van der Waals surface area (Å²) in [7, 11) is -3.74. The number of sulfonamides is 1. The summed E-state index contributed by atoms with van der Waals surface area (Å²) in [5.74, 6) is -1.34. The molecule has 116 valence electrons. The Balaban J connectivity index is 2.18. The highest BCUT2D eigenvalue weighted by Gasteiger charge is 2.14. The molecule has 1 N–H and O–H groups in total. The van der Waals surface area contributed by atoms with Crippen LogP contribution in [0.25, 0.3) is 0 Å². The molecule has 6 heteroatoms. The largest absolute Gasteiger partial charge is 0.545 e. The summed E-state index contributed by atoms with van der Waals surface area (Å²) in [4.78, 5) is 10.7. The van der Waals surface area contributed by atoms with Gasteiger partial charge in [-0.05, 0) is 41.8 Å². The minimum atomic E-state index is -3.74. The number of hydrogen-bond acceptors (Lipinski definition) is 4. The Labute approximate surface area is 129 Å². The Hall–Kier alpha value is -2.34. The summed E-state index contributed by atoms with van der Waals surface area (Å²) in [6.45, 7) is 2.08. The maximum absolute atomic E-state index is 12.2. The first-order valence-corrected chi connectivity index (χ1v) is 8.34. The minimum Gasteiger partial charge on any atom is -0.545 e. The number of carbonyl (C=O) groups is 1. The van der Waals surface area contributed by atoms with Gasteiger partial charge in [-0.3, -0.25) is 4.72 Å². The number of anilines is 1. The van der Waals surface area contributed by atoms with Gasteiger partial charge >= 0.3 is 0 Å². The van der Waals surface area contributed by atoms with E-state index in [0.717, 1.165) is 18.4 Å². The molecule has 2 aromatic carbocycles. The number of aromatic carboxylic acids is 1. The summed E-state index contributed by atoms with van der Waals surface area (Å²) in [6, 6.07) is 12.0. The third-order valence-electron chi connectivity index (χ3n) is 3.15. The summed E-state index contributed by atoms with van der Waals surface area (Å²) < 4.78 is 26.9. The lowest BCUT2D eigenvalue weighted by atomic mass is 10.1. The van der Waals surface area contributed by atoms with Crippen molar-refractivity contribution < 1.29 is 18.3 Å². The van der Waals surface area contributed by atoms with Crippen molar-refractivity contribution in [1.82, 2.24) is 0 Å². The Kier molecular flexibility index (Phi) is 4.82. The van der Waals surface area contributed by atoms with Crippen LogP contribution in [0.3, 0.4) is 0 Å². The molecule has 0 radical (unpaired) electrons. The second kappa shape index (κ2) is 6.62. The first-order chi connectivity index (χ1) is 10.4. The molecule has 2 aromatic rings. The molecule has 0 amide bonds. The molecule has 0 aliphatic carbocycles. The van der Waals surface area contributed by atoms with Crippen molar-refractivity contribution in [2.75, 3.05) is 4.72 Å². The van der Waals surface area contributed by atoms with Crippen molar-refractivity contribution in [1.29, 1.82) is 0 Å². The lowest BCUT2D eigenvalue weighted by Crippen LogP contribution is -2.22. The molecular formula is C16H16NO4S-. The maximum Gasteiger partial charge on any atom is 0.261 e. The van der Waals surface area contributed by atoms with E-state index in [1.807, 2.05) is 12.1 Å². The molecule has 0 atom stereocenters. The molecule has 2 rings (SSSR count). The Morgan fingerprint density at radius 3 is 2.14 bits per heavy atom. The van der Waals surface area contributed by atoms with Crippen LogP contribution in [0.1, 0.15) is 29.3 Å². The van der Waals surface area contributed by atoms with Gasteiger partial charge in [0.25, 0.3) is 10.0 Å². The van der Waals surface area contributed by atoms with Crippen LogP contribution < -0.4 is 9.83 Å². The van der Waals surface area contributed by atoms with Crippen LogP contribution in [0, 0.1) is 0 Å². The zero-order valence-corrected chi connectivity index (χ0v) is 12.9.